The van der Waals surface area contributed by atoms with Gasteiger partial charge in [-0.2, -0.15) is 6.07 Å². The molecular weight excluding hydrogens is 396 g/mol. The first-order valence-corrected chi connectivity index (χ1v) is 14.4. The molecule has 0 atom stereocenters. The van der Waals surface area contributed by atoms with Crippen molar-refractivity contribution in [2.75, 3.05) is 60.0 Å². The smallest absolute Gasteiger partial charge is 0.512 e. The summed E-state index contributed by atoms with van der Waals surface area (Å²) in [7, 11) is 1.14. The normalized spacial score (nSPS) is 8.00. The minimum absolute atomic E-state index is 0. The van der Waals surface area contributed by atoms with E-state index in [1.54, 1.807) is 0 Å². The predicted octanol–water partition coefficient (Wildman–Crippen LogP) is 5.93. The van der Waals surface area contributed by atoms with Gasteiger partial charge in [0.1, 0.15) is 0 Å². The first-order chi connectivity index (χ1) is 9.98. The van der Waals surface area contributed by atoms with Crippen LogP contribution in [0.3, 0.4) is 0 Å². The number of hydrogen-bond acceptors (Lipinski definition) is 1. The summed E-state index contributed by atoms with van der Waals surface area (Å²) in [5.41, 5.74) is 0. The Balaban J connectivity index is -0.0000000633. The second kappa shape index (κ2) is 27.2. The van der Waals surface area contributed by atoms with Crippen LogP contribution in [0.1, 0.15) is 0 Å². The number of rotatable bonds is 0. The summed E-state index contributed by atoms with van der Waals surface area (Å²) in [6.45, 7) is 24.8. The van der Waals surface area contributed by atoms with Gasteiger partial charge in [0, 0.05) is 11.6 Å². The molecule has 0 unspecified atom stereocenters. The molecule has 7 heteroatoms. The molecule has 0 N–H and O–H groups in total. The van der Waals surface area contributed by atoms with Crippen molar-refractivity contribution in [3.05, 3.63) is 42.5 Å². The maximum atomic E-state index is 11.9. The Bertz CT molecular complexity index is 309. The summed E-state index contributed by atoms with van der Waals surface area (Å²) in [6, 6.07) is 5.41. The molecule has 0 amide bonds. The summed E-state index contributed by atoms with van der Waals surface area (Å²) in [5.74, 6) is -1.32. The third-order valence-corrected chi connectivity index (χ3v) is 0.724. The Morgan fingerprint density at radius 1 is 0.739 bits per heavy atom. The van der Waals surface area contributed by atoms with Gasteiger partial charge in [-0.05, 0) is 60.0 Å². The van der Waals surface area contributed by atoms with E-state index < -0.39 is 11.6 Å². The van der Waals surface area contributed by atoms with E-state index in [4.69, 9.17) is 11.8 Å². The van der Waals surface area contributed by atoms with Crippen molar-refractivity contribution in [1.29, 1.82) is 5.26 Å². The molecule has 0 bridgehead atoms. The van der Waals surface area contributed by atoms with Gasteiger partial charge in [0.25, 0.3) is 0 Å². The van der Waals surface area contributed by atoms with Crippen molar-refractivity contribution in [3.8, 4) is 0 Å². The van der Waals surface area contributed by atoms with Crippen LogP contribution >= 0.6 is 23.8 Å². The number of halogens is 2. The average Bonchev–Trinajstić information content (AvgIpc) is 2.28. The van der Waals surface area contributed by atoms with E-state index in [2.05, 4.69) is 60.0 Å². The monoisotopic (exact) mass is 426 g/mol. The third kappa shape index (κ3) is 86.3. The Morgan fingerprint density at radius 2 is 0.913 bits per heavy atom. The Morgan fingerprint density at radius 3 is 1.00 bits per heavy atom. The van der Waals surface area contributed by atoms with Gasteiger partial charge in [-0.25, -0.2) is 8.78 Å². The minimum Gasteiger partial charge on any atom is -0.512 e. The standard InChI is InChI=1S/C6H3F2.3C3H9P.CN.Co/c7-5-2-1-3-6(8)4-5;3*1-4(2)3;1-2;/h1-3H;3*1-3H3;;/q-1;;;;-1;+2. The zero-order chi connectivity index (χ0) is 18.7. The van der Waals surface area contributed by atoms with Crippen molar-refractivity contribution < 1.29 is 25.6 Å². The SMILES string of the molecule is CP(C)C.CP(C)C.CP(C)C.Fc1[c-]c(F)ccc1.[C-]#N.[Co+2]. The Kier molecular flexibility index (Phi) is 41.0. The molecule has 1 nitrogen and oxygen atoms in total. The molecule has 0 aliphatic carbocycles. The fraction of sp³-hybridized carbons (Fsp3) is 0.562. The predicted molar refractivity (Wildman–Crippen MR) is 104 cm³/mol. The first kappa shape index (κ1) is 34.7. The van der Waals surface area contributed by atoms with E-state index in [0.29, 0.717) is 23.8 Å². The topological polar surface area (TPSA) is 23.8 Å². The second-order valence-corrected chi connectivity index (χ2v) is 13.4. The van der Waals surface area contributed by atoms with Crippen LogP contribution in [-0.2, 0) is 16.8 Å². The van der Waals surface area contributed by atoms with Crippen LogP contribution in [0, 0.1) is 29.5 Å². The molecule has 0 aliphatic rings. The summed E-state index contributed by atoms with van der Waals surface area (Å²) < 4.78 is 23.7. The van der Waals surface area contributed by atoms with Gasteiger partial charge in [0.2, 0.25) is 0 Å². The zero-order valence-corrected chi connectivity index (χ0v) is 19.3. The van der Waals surface area contributed by atoms with E-state index in [9.17, 15) is 8.78 Å². The number of nitrogens with zero attached hydrogens (tertiary/aromatic N) is 1. The molecule has 23 heavy (non-hydrogen) atoms. The molecule has 1 aromatic rings. The minimum atomic E-state index is -0.662. The van der Waals surface area contributed by atoms with Crippen molar-refractivity contribution in [2.45, 2.75) is 0 Å². The van der Waals surface area contributed by atoms with Crippen LogP contribution in [0.15, 0.2) is 18.2 Å². The second-order valence-electron chi connectivity index (χ2n) is 5.37. The van der Waals surface area contributed by atoms with Crippen LogP contribution in [0.4, 0.5) is 8.78 Å². The third-order valence-electron chi connectivity index (χ3n) is 0.724. The van der Waals surface area contributed by atoms with E-state index in [-0.39, 0.29) is 16.8 Å². The van der Waals surface area contributed by atoms with Gasteiger partial charge in [0.15, 0.2) is 0 Å². The molecule has 0 aromatic heterocycles. The van der Waals surface area contributed by atoms with Gasteiger partial charge < -0.3 is 11.8 Å². The van der Waals surface area contributed by atoms with E-state index in [0.717, 1.165) is 12.1 Å². The number of benzene rings is 1. The molecule has 137 valence electrons. The van der Waals surface area contributed by atoms with Crippen LogP contribution < -0.4 is 0 Å². The summed E-state index contributed by atoms with van der Waals surface area (Å²) in [4.78, 5) is 0. The molecule has 0 fully saturated rings. The van der Waals surface area contributed by atoms with Gasteiger partial charge in [0.05, 0.1) is 0 Å². The molecule has 0 heterocycles. The van der Waals surface area contributed by atoms with Gasteiger partial charge in [-0.3, -0.25) is 0 Å². The average molecular weight is 426 g/mol. The Labute approximate surface area is 157 Å². The zero-order valence-electron chi connectivity index (χ0n) is 15.6. The summed E-state index contributed by atoms with van der Waals surface area (Å²) >= 11 is 0. The number of hydrogen-bond donors (Lipinski definition) is 0. The van der Waals surface area contributed by atoms with E-state index in [1.165, 1.54) is 6.07 Å². The fourth-order valence-electron chi connectivity index (χ4n) is 0.414. The molecule has 0 spiro atoms. The molecule has 1 rings (SSSR count). The van der Waals surface area contributed by atoms with Crippen LogP contribution in [0.5, 0.6) is 0 Å². The van der Waals surface area contributed by atoms with Crippen molar-refractivity contribution in [1.82, 2.24) is 0 Å². The molecule has 1 radical (unpaired) electrons. The van der Waals surface area contributed by atoms with E-state index in [1.807, 2.05) is 6.07 Å². The van der Waals surface area contributed by atoms with Crippen molar-refractivity contribution in [2.24, 2.45) is 0 Å². The van der Waals surface area contributed by atoms with E-state index >= 15 is 0 Å². The summed E-state index contributed by atoms with van der Waals surface area (Å²) in [5, 5.41) is 6.25. The molecule has 0 saturated heterocycles. The van der Waals surface area contributed by atoms with Crippen molar-refractivity contribution >= 4 is 23.8 Å². The van der Waals surface area contributed by atoms with Crippen molar-refractivity contribution in [3.63, 3.8) is 0 Å². The van der Waals surface area contributed by atoms with Gasteiger partial charge in [-0.15, -0.1) is 42.0 Å². The molecule has 0 aliphatic heterocycles. The summed E-state index contributed by atoms with van der Waals surface area (Å²) in [6.07, 6.45) is 0. The largest absolute Gasteiger partial charge is 2.00 e. The quantitative estimate of drug-likeness (QED) is 0.373. The molecular formula is C16H30CoF2NP3. The van der Waals surface area contributed by atoms with Gasteiger partial charge in [-0.1, -0.05) is 0 Å². The molecule has 0 saturated carbocycles. The van der Waals surface area contributed by atoms with Gasteiger partial charge >= 0.3 is 16.8 Å². The fourth-order valence-corrected chi connectivity index (χ4v) is 0.414. The van der Waals surface area contributed by atoms with Crippen LogP contribution in [0.25, 0.3) is 0 Å². The molecule has 1 aromatic carbocycles. The first-order valence-electron chi connectivity index (χ1n) is 6.37. The Hall–Kier alpha value is 0.366. The maximum Gasteiger partial charge on any atom is 2.00 e. The maximum absolute atomic E-state index is 11.9. The van der Waals surface area contributed by atoms with Crippen LogP contribution in [-0.4, -0.2) is 60.0 Å². The van der Waals surface area contributed by atoms with Crippen LogP contribution in [0.2, 0.25) is 0 Å².